The number of aliphatic imine (C=N–C) groups is 1. The van der Waals surface area contributed by atoms with Gasteiger partial charge in [0.05, 0.1) is 19.8 Å². The molecule has 2 N–H and O–H groups in total. The molecule has 0 saturated heterocycles. The zero-order chi connectivity index (χ0) is 19.2. The average Bonchev–Trinajstić information content (AvgIpc) is 2.64. The van der Waals surface area contributed by atoms with Gasteiger partial charge in [-0.25, -0.2) is 4.99 Å². The van der Waals surface area contributed by atoms with Crippen LogP contribution in [0, 0.1) is 5.92 Å². The van der Waals surface area contributed by atoms with Gasteiger partial charge >= 0.3 is 0 Å². The Morgan fingerprint density at radius 1 is 1.23 bits per heavy atom. The average molecular weight is 364 g/mol. The van der Waals surface area contributed by atoms with Crippen molar-refractivity contribution < 1.29 is 14.3 Å². The van der Waals surface area contributed by atoms with Crippen LogP contribution in [-0.4, -0.2) is 70.8 Å². The smallest absolute Gasteiger partial charge is 0.243 e. The van der Waals surface area contributed by atoms with Gasteiger partial charge in [0, 0.05) is 34.3 Å². The van der Waals surface area contributed by atoms with Crippen LogP contribution < -0.4 is 10.6 Å². The summed E-state index contributed by atoms with van der Waals surface area (Å²) < 4.78 is 10.8. The molecule has 7 heteroatoms. The Balaban J connectivity index is 2.37. The second-order valence-electron chi connectivity index (χ2n) is 6.36. The van der Waals surface area contributed by atoms with E-state index in [1.807, 2.05) is 18.2 Å². The summed E-state index contributed by atoms with van der Waals surface area (Å²) in [6, 6.07) is 10.1. The molecule has 1 amide bonds. The molecule has 0 aliphatic heterocycles. The minimum absolute atomic E-state index is 0.0444. The van der Waals surface area contributed by atoms with Gasteiger partial charge in [-0.2, -0.15) is 0 Å². The highest BCUT2D eigenvalue weighted by Gasteiger charge is 2.07. The Labute approximate surface area is 156 Å². The molecule has 1 aromatic rings. The number of guanidine groups is 1. The molecule has 0 aliphatic rings. The van der Waals surface area contributed by atoms with Gasteiger partial charge in [-0.15, -0.1) is 0 Å². The van der Waals surface area contributed by atoms with Crippen molar-refractivity contribution >= 4 is 11.9 Å². The fourth-order valence-corrected chi connectivity index (χ4v) is 2.02. The lowest BCUT2D eigenvalue weighted by Crippen LogP contribution is -2.42. The van der Waals surface area contributed by atoms with Crippen molar-refractivity contribution in [2.45, 2.75) is 13.5 Å². The van der Waals surface area contributed by atoms with E-state index in [4.69, 9.17) is 9.47 Å². The van der Waals surface area contributed by atoms with E-state index < -0.39 is 0 Å². The molecule has 1 rings (SSSR count). The molecule has 1 unspecified atom stereocenters. The van der Waals surface area contributed by atoms with E-state index in [0.717, 1.165) is 0 Å². The fraction of sp³-hybridized carbons (Fsp3) is 0.579. The number of carbonyl (C=O) groups excluding carboxylic acids is 1. The number of nitrogens with one attached hydrogen (secondary N) is 2. The van der Waals surface area contributed by atoms with Crippen LogP contribution in [0.25, 0.3) is 0 Å². The maximum atomic E-state index is 11.7. The van der Waals surface area contributed by atoms with Gasteiger partial charge in [0.2, 0.25) is 5.91 Å². The van der Waals surface area contributed by atoms with E-state index >= 15 is 0 Å². The summed E-state index contributed by atoms with van der Waals surface area (Å²) in [4.78, 5) is 17.6. The van der Waals surface area contributed by atoms with Crippen LogP contribution in [0.1, 0.15) is 12.5 Å². The molecule has 0 aromatic heterocycles. The second-order valence-corrected chi connectivity index (χ2v) is 6.36. The summed E-state index contributed by atoms with van der Waals surface area (Å²) >= 11 is 0. The molecule has 0 saturated carbocycles. The Hall–Kier alpha value is -2.12. The van der Waals surface area contributed by atoms with E-state index in [1.54, 1.807) is 21.2 Å². The number of nitrogens with zero attached hydrogens (tertiary/aromatic N) is 2. The third-order valence-corrected chi connectivity index (χ3v) is 3.60. The first-order valence-corrected chi connectivity index (χ1v) is 8.86. The standard InChI is InChI=1S/C19H32N4O3/c1-16(14-26-15-17-8-6-5-7-9-17)12-21-19(20-10-11-25-4)22-13-18(24)23(2)3/h5-9,16H,10-15H2,1-4H3,(H2,20,21,22). The summed E-state index contributed by atoms with van der Waals surface area (Å²) in [7, 11) is 5.08. The quantitative estimate of drug-likeness (QED) is 0.350. The second kappa shape index (κ2) is 13.1. The summed E-state index contributed by atoms with van der Waals surface area (Å²) in [5.74, 6) is 0.863. The molecule has 0 bridgehead atoms. The van der Waals surface area contributed by atoms with Gasteiger partial charge < -0.3 is 25.0 Å². The molecule has 0 spiro atoms. The van der Waals surface area contributed by atoms with Gasteiger partial charge in [-0.3, -0.25) is 4.79 Å². The van der Waals surface area contributed by atoms with Crippen molar-refractivity contribution in [2.75, 3.05) is 54.1 Å². The molecule has 0 fully saturated rings. The molecule has 0 aliphatic carbocycles. The molecular weight excluding hydrogens is 332 g/mol. The van der Waals surface area contributed by atoms with Crippen molar-refractivity contribution in [3.05, 3.63) is 35.9 Å². The molecule has 0 heterocycles. The van der Waals surface area contributed by atoms with E-state index in [2.05, 4.69) is 34.7 Å². The number of methoxy groups -OCH3 is 1. The molecule has 1 aromatic carbocycles. The summed E-state index contributed by atoms with van der Waals surface area (Å²) in [6.07, 6.45) is 0. The first kappa shape index (κ1) is 21.9. The number of carbonyl (C=O) groups is 1. The molecule has 7 nitrogen and oxygen atoms in total. The Morgan fingerprint density at radius 2 is 1.96 bits per heavy atom. The van der Waals surface area contributed by atoms with E-state index in [0.29, 0.717) is 44.8 Å². The van der Waals surface area contributed by atoms with Crippen LogP contribution >= 0.6 is 0 Å². The van der Waals surface area contributed by atoms with Gasteiger partial charge in [0.25, 0.3) is 0 Å². The number of hydrogen-bond acceptors (Lipinski definition) is 4. The van der Waals surface area contributed by atoms with Crippen molar-refractivity contribution in [3.63, 3.8) is 0 Å². The SMILES string of the molecule is COCCNC(=NCC(=O)N(C)C)NCC(C)COCc1ccccc1. The molecular formula is C19H32N4O3. The topological polar surface area (TPSA) is 75.2 Å². The monoisotopic (exact) mass is 364 g/mol. The van der Waals surface area contributed by atoms with Crippen LogP contribution in [0.4, 0.5) is 0 Å². The zero-order valence-electron chi connectivity index (χ0n) is 16.3. The van der Waals surface area contributed by atoms with Crippen molar-refractivity contribution in [3.8, 4) is 0 Å². The van der Waals surface area contributed by atoms with Crippen molar-refractivity contribution in [1.82, 2.24) is 15.5 Å². The lowest BCUT2D eigenvalue weighted by atomic mass is 10.2. The summed E-state index contributed by atoms with van der Waals surface area (Å²) in [6.45, 7) is 5.35. The highest BCUT2D eigenvalue weighted by molar-refractivity contribution is 5.84. The molecule has 1 atom stereocenters. The zero-order valence-corrected chi connectivity index (χ0v) is 16.3. The first-order chi connectivity index (χ1) is 12.5. The lowest BCUT2D eigenvalue weighted by molar-refractivity contribution is -0.127. The maximum Gasteiger partial charge on any atom is 0.243 e. The summed E-state index contributed by atoms with van der Waals surface area (Å²) in [5.41, 5.74) is 1.17. The maximum absolute atomic E-state index is 11.7. The third kappa shape index (κ3) is 10.0. The van der Waals surface area contributed by atoms with Crippen LogP contribution in [0.5, 0.6) is 0 Å². The minimum atomic E-state index is -0.0444. The number of rotatable bonds is 11. The third-order valence-electron chi connectivity index (χ3n) is 3.60. The lowest BCUT2D eigenvalue weighted by Gasteiger charge is -2.17. The predicted octanol–water partition coefficient (Wildman–Crippen LogP) is 1.11. The largest absolute Gasteiger partial charge is 0.383 e. The number of hydrogen-bond donors (Lipinski definition) is 2. The van der Waals surface area contributed by atoms with E-state index in [-0.39, 0.29) is 12.5 Å². The molecule has 146 valence electrons. The van der Waals surface area contributed by atoms with Crippen LogP contribution in [0.3, 0.4) is 0 Å². The minimum Gasteiger partial charge on any atom is -0.383 e. The summed E-state index contributed by atoms with van der Waals surface area (Å²) in [5, 5.41) is 6.41. The van der Waals surface area contributed by atoms with Crippen LogP contribution in [-0.2, 0) is 20.9 Å². The Bertz CT molecular complexity index is 535. The van der Waals surface area contributed by atoms with Crippen molar-refractivity contribution in [1.29, 1.82) is 0 Å². The van der Waals surface area contributed by atoms with Gasteiger partial charge in [0.15, 0.2) is 5.96 Å². The number of likely N-dealkylation sites (N-methyl/N-ethyl adjacent to an activating group) is 1. The van der Waals surface area contributed by atoms with Crippen molar-refractivity contribution in [2.24, 2.45) is 10.9 Å². The molecule has 26 heavy (non-hydrogen) atoms. The Kier molecular flexibility index (Phi) is 11.1. The normalized spacial score (nSPS) is 12.5. The predicted molar refractivity (Wildman–Crippen MR) is 104 cm³/mol. The van der Waals surface area contributed by atoms with Gasteiger partial charge in [-0.05, 0) is 11.5 Å². The first-order valence-electron chi connectivity index (χ1n) is 8.86. The fourth-order valence-electron chi connectivity index (χ4n) is 2.02. The van der Waals surface area contributed by atoms with E-state index in [9.17, 15) is 4.79 Å². The van der Waals surface area contributed by atoms with Gasteiger partial charge in [-0.1, -0.05) is 37.3 Å². The number of benzene rings is 1. The van der Waals surface area contributed by atoms with Crippen LogP contribution in [0.2, 0.25) is 0 Å². The number of ether oxygens (including phenoxy) is 2. The highest BCUT2D eigenvalue weighted by Crippen LogP contribution is 2.02. The molecule has 0 radical (unpaired) electrons. The van der Waals surface area contributed by atoms with Crippen LogP contribution in [0.15, 0.2) is 35.3 Å². The highest BCUT2D eigenvalue weighted by atomic mass is 16.5. The number of amides is 1. The van der Waals surface area contributed by atoms with Gasteiger partial charge in [0.1, 0.15) is 6.54 Å². The van der Waals surface area contributed by atoms with E-state index in [1.165, 1.54) is 10.5 Å². The Morgan fingerprint density at radius 3 is 2.62 bits per heavy atom.